The van der Waals surface area contributed by atoms with Crippen molar-refractivity contribution in [3.63, 3.8) is 0 Å². The molecule has 1 aromatic carbocycles. The van der Waals surface area contributed by atoms with Crippen molar-refractivity contribution in [3.8, 4) is 5.75 Å². The maximum atomic E-state index is 14.5. The summed E-state index contributed by atoms with van der Waals surface area (Å²) in [5, 5.41) is 5.46. The number of rotatable bonds is 4. The number of aromatic nitrogens is 1. The average Bonchev–Trinajstić information content (AvgIpc) is 2.77. The van der Waals surface area contributed by atoms with Crippen LogP contribution in [0.25, 0.3) is 0 Å². The van der Waals surface area contributed by atoms with E-state index >= 15 is 0 Å². The largest absolute Gasteiger partial charge is 0.475 e. The van der Waals surface area contributed by atoms with E-state index in [2.05, 4.69) is 20.5 Å². The molecular weight excluding hydrogens is 413 g/mol. The zero-order chi connectivity index (χ0) is 22.3. The van der Waals surface area contributed by atoms with Gasteiger partial charge in [-0.1, -0.05) is 6.07 Å². The number of piperazine rings is 1. The van der Waals surface area contributed by atoms with Crippen molar-refractivity contribution in [1.29, 1.82) is 0 Å². The predicted molar refractivity (Wildman–Crippen MR) is 117 cm³/mol. The Morgan fingerprint density at radius 2 is 2.00 bits per heavy atom. The number of benzene rings is 1. The molecule has 9 heteroatoms. The van der Waals surface area contributed by atoms with E-state index in [0.717, 1.165) is 55.9 Å². The Labute approximate surface area is 185 Å². The molecule has 1 saturated carbocycles. The molecule has 3 heterocycles. The molecule has 2 N–H and O–H groups in total. The van der Waals surface area contributed by atoms with Gasteiger partial charge < -0.3 is 20.3 Å². The molecule has 1 aliphatic carbocycles. The van der Waals surface area contributed by atoms with Gasteiger partial charge in [-0.25, -0.2) is 4.98 Å². The predicted octanol–water partition coefficient (Wildman–Crippen LogP) is 2.16. The summed E-state index contributed by atoms with van der Waals surface area (Å²) >= 11 is 0. The molecule has 1 aromatic heterocycles. The smallest absolute Gasteiger partial charge is 0.269 e. The van der Waals surface area contributed by atoms with E-state index in [4.69, 9.17) is 4.74 Å². The monoisotopic (exact) mass is 439 g/mol. The summed E-state index contributed by atoms with van der Waals surface area (Å²) in [5.74, 6) is -0.342. The van der Waals surface area contributed by atoms with Gasteiger partial charge in [0.25, 0.3) is 11.8 Å². The first-order valence-electron chi connectivity index (χ1n) is 11.0. The summed E-state index contributed by atoms with van der Waals surface area (Å²) < 4.78 is 20.5. The molecule has 2 aliphatic heterocycles. The molecule has 2 amide bonds. The van der Waals surface area contributed by atoms with Gasteiger partial charge in [0.2, 0.25) is 5.95 Å². The lowest BCUT2D eigenvalue weighted by Crippen LogP contribution is -2.55. The van der Waals surface area contributed by atoms with Crippen LogP contribution in [0.1, 0.15) is 35.3 Å². The van der Waals surface area contributed by atoms with Crippen molar-refractivity contribution in [3.05, 3.63) is 47.5 Å². The van der Waals surface area contributed by atoms with Crippen molar-refractivity contribution in [2.45, 2.75) is 31.4 Å². The van der Waals surface area contributed by atoms with Crippen LogP contribution < -0.4 is 20.3 Å². The summed E-state index contributed by atoms with van der Waals surface area (Å²) in [6, 6.07) is 9.11. The van der Waals surface area contributed by atoms with Crippen molar-refractivity contribution in [2.75, 3.05) is 43.4 Å². The SMILES string of the molecule is CNC(=O)c1ccc(N2CCN(Cc3ccc4c(c3)NC(=O)C3(CCC3)O4)CC2)c(F)n1. The van der Waals surface area contributed by atoms with E-state index in [1.807, 2.05) is 23.1 Å². The van der Waals surface area contributed by atoms with Crippen LogP contribution in [0.15, 0.2) is 30.3 Å². The topological polar surface area (TPSA) is 86.8 Å². The molecule has 2 fully saturated rings. The molecule has 2 aromatic rings. The first-order valence-corrected chi connectivity index (χ1v) is 11.0. The number of amides is 2. The molecule has 0 unspecified atom stereocenters. The first-order chi connectivity index (χ1) is 15.5. The van der Waals surface area contributed by atoms with Gasteiger partial charge in [-0.3, -0.25) is 14.5 Å². The Morgan fingerprint density at radius 1 is 1.22 bits per heavy atom. The van der Waals surface area contributed by atoms with E-state index < -0.39 is 17.5 Å². The van der Waals surface area contributed by atoms with Gasteiger partial charge in [-0.2, -0.15) is 4.39 Å². The highest BCUT2D eigenvalue weighted by molar-refractivity contribution is 6.01. The van der Waals surface area contributed by atoms with Crippen molar-refractivity contribution < 1.29 is 18.7 Å². The third kappa shape index (κ3) is 3.66. The second-order valence-electron chi connectivity index (χ2n) is 8.58. The van der Waals surface area contributed by atoms with E-state index in [1.54, 1.807) is 12.1 Å². The number of anilines is 2. The molecule has 5 rings (SSSR count). The number of halogens is 1. The number of ether oxygens (including phenoxy) is 1. The van der Waals surface area contributed by atoms with Crippen LogP contribution in [0.4, 0.5) is 15.8 Å². The fourth-order valence-electron chi connectivity index (χ4n) is 4.50. The van der Waals surface area contributed by atoms with Crippen LogP contribution in [0, 0.1) is 5.95 Å². The minimum absolute atomic E-state index is 0.0416. The van der Waals surface area contributed by atoms with Crippen LogP contribution >= 0.6 is 0 Å². The fourth-order valence-corrected chi connectivity index (χ4v) is 4.50. The standard InChI is InChI=1S/C23H26FN5O3/c1-25-21(30)16-4-5-18(20(24)26-16)29-11-9-28(10-12-29)14-15-3-6-19-17(13-15)27-22(31)23(32-19)7-2-8-23/h3-6,13H,2,7-12,14H2,1H3,(H,25,30)(H,27,31). The Bertz CT molecular complexity index is 1060. The fraction of sp³-hybridized carbons (Fsp3) is 0.435. The van der Waals surface area contributed by atoms with Crippen LogP contribution in [-0.2, 0) is 11.3 Å². The third-order valence-corrected chi connectivity index (χ3v) is 6.58. The lowest BCUT2D eigenvalue weighted by atomic mass is 9.78. The van der Waals surface area contributed by atoms with E-state index in [9.17, 15) is 14.0 Å². The zero-order valence-electron chi connectivity index (χ0n) is 18.0. The van der Waals surface area contributed by atoms with Gasteiger partial charge >= 0.3 is 0 Å². The molecule has 1 spiro atoms. The molecule has 32 heavy (non-hydrogen) atoms. The second-order valence-corrected chi connectivity index (χ2v) is 8.58. The highest BCUT2D eigenvalue weighted by Crippen LogP contribution is 2.43. The number of nitrogens with one attached hydrogen (secondary N) is 2. The normalized spacial score (nSPS) is 19.6. The Hall–Kier alpha value is -3.20. The van der Waals surface area contributed by atoms with Gasteiger partial charge in [-0.05, 0) is 49.1 Å². The molecule has 8 nitrogen and oxygen atoms in total. The lowest BCUT2D eigenvalue weighted by molar-refractivity contribution is -0.139. The van der Waals surface area contributed by atoms with Crippen molar-refractivity contribution in [1.82, 2.24) is 15.2 Å². The quantitative estimate of drug-likeness (QED) is 0.710. The number of hydrogen-bond acceptors (Lipinski definition) is 6. The van der Waals surface area contributed by atoms with Crippen LogP contribution in [0.3, 0.4) is 0 Å². The number of carbonyl (C=O) groups is 2. The number of nitrogens with zero attached hydrogens (tertiary/aromatic N) is 3. The highest BCUT2D eigenvalue weighted by atomic mass is 19.1. The molecule has 0 radical (unpaired) electrons. The summed E-state index contributed by atoms with van der Waals surface area (Å²) in [4.78, 5) is 32.1. The minimum Gasteiger partial charge on any atom is -0.475 e. The minimum atomic E-state index is -0.659. The Morgan fingerprint density at radius 3 is 2.66 bits per heavy atom. The molecule has 0 bridgehead atoms. The van der Waals surface area contributed by atoms with Gasteiger partial charge in [0.05, 0.1) is 11.4 Å². The second kappa shape index (κ2) is 8.05. The average molecular weight is 439 g/mol. The maximum absolute atomic E-state index is 14.5. The van der Waals surface area contributed by atoms with E-state index in [0.29, 0.717) is 18.8 Å². The maximum Gasteiger partial charge on any atom is 0.269 e. The molecule has 3 aliphatic rings. The van der Waals surface area contributed by atoms with E-state index in [1.165, 1.54) is 7.05 Å². The molecular formula is C23H26FN5O3. The zero-order valence-corrected chi connectivity index (χ0v) is 18.0. The van der Waals surface area contributed by atoms with Crippen molar-refractivity contribution in [2.24, 2.45) is 0 Å². The number of hydrogen-bond donors (Lipinski definition) is 2. The number of carbonyl (C=O) groups excluding carboxylic acids is 2. The summed E-state index contributed by atoms with van der Waals surface area (Å²) in [6.45, 7) is 3.58. The molecule has 0 atom stereocenters. The van der Waals surface area contributed by atoms with Crippen molar-refractivity contribution >= 4 is 23.2 Å². The molecule has 168 valence electrons. The van der Waals surface area contributed by atoms with Crippen LogP contribution in [-0.4, -0.2) is 60.5 Å². The van der Waals surface area contributed by atoms with Gasteiger partial charge in [-0.15, -0.1) is 0 Å². The summed E-state index contributed by atoms with van der Waals surface area (Å²) in [5.41, 5.74) is 1.64. The number of pyridine rings is 1. The lowest BCUT2D eigenvalue weighted by Gasteiger charge is -2.43. The third-order valence-electron chi connectivity index (χ3n) is 6.58. The Balaban J connectivity index is 1.20. The summed E-state index contributed by atoms with van der Waals surface area (Å²) in [6.07, 6.45) is 2.56. The van der Waals surface area contributed by atoms with Crippen LogP contribution in [0.2, 0.25) is 0 Å². The molecule has 1 saturated heterocycles. The van der Waals surface area contributed by atoms with Gasteiger partial charge in [0.1, 0.15) is 11.4 Å². The highest BCUT2D eigenvalue weighted by Gasteiger charge is 2.49. The van der Waals surface area contributed by atoms with Gasteiger partial charge in [0.15, 0.2) is 5.60 Å². The van der Waals surface area contributed by atoms with Crippen LogP contribution in [0.5, 0.6) is 5.75 Å². The first kappa shape index (κ1) is 20.7. The van der Waals surface area contributed by atoms with E-state index in [-0.39, 0.29) is 11.6 Å². The number of fused-ring (bicyclic) bond motifs is 1. The Kier molecular flexibility index (Phi) is 5.21. The summed E-state index contributed by atoms with van der Waals surface area (Å²) in [7, 11) is 1.49. The van der Waals surface area contributed by atoms with Gasteiger partial charge in [0, 0.05) is 39.8 Å².